The maximum atomic E-state index is 5.03. The molecule has 0 atom stereocenters. The number of hydrogen-bond donors (Lipinski definition) is 0. The van der Waals surface area contributed by atoms with Crippen molar-refractivity contribution in [2.24, 2.45) is 0 Å². The van der Waals surface area contributed by atoms with Gasteiger partial charge in [-0.3, -0.25) is 0 Å². The van der Waals surface area contributed by atoms with E-state index < -0.39 is 11.9 Å². The van der Waals surface area contributed by atoms with Crippen LogP contribution in [0.3, 0.4) is 0 Å². The standard InChI is InChI=1S/2C6H7B.4ClH.W/c2*1-6-4-2-3-5-7-6;;;;;/h2*2-5H,1H3;4*1H;/q;;;;;;+4/p-4. The molecule has 0 radical (unpaired) electrons. The summed E-state index contributed by atoms with van der Waals surface area (Å²) in [5.41, 5.74) is 2.64. The second-order valence-corrected chi connectivity index (χ2v) is 29.1. The first kappa shape index (κ1) is 19.7. The third kappa shape index (κ3) is 18.7. The minimum absolute atomic E-state index is 1.32. The van der Waals surface area contributed by atoms with Crippen molar-refractivity contribution < 1.29 is 11.9 Å². The molecule has 2 aromatic heterocycles. The summed E-state index contributed by atoms with van der Waals surface area (Å²) in [6, 6.07) is 12.3. The van der Waals surface area contributed by atoms with Gasteiger partial charge in [0, 0.05) is 0 Å². The quantitative estimate of drug-likeness (QED) is 0.449. The van der Waals surface area contributed by atoms with Crippen molar-refractivity contribution in [2.45, 2.75) is 13.8 Å². The Bertz CT molecular complexity index is 391. The Morgan fingerprint density at radius 1 is 0.737 bits per heavy atom. The molecule has 0 saturated heterocycles. The molecule has 0 N–H and O–H groups in total. The summed E-state index contributed by atoms with van der Waals surface area (Å²) in [5, 5.41) is 0. The average molecular weight is 506 g/mol. The van der Waals surface area contributed by atoms with Gasteiger partial charge in [0.25, 0.3) is 0 Å². The van der Waals surface area contributed by atoms with Gasteiger partial charge in [0.2, 0.25) is 0 Å². The molecule has 102 valence electrons. The first-order valence-corrected chi connectivity index (χ1v) is 20.0. The molecule has 2 heterocycles. The van der Waals surface area contributed by atoms with Crippen LogP contribution in [0.1, 0.15) is 10.9 Å². The van der Waals surface area contributed by atoms with E-state index in [9.17, 15) is 0 Å². The third-order valence-electron chi connectivity index (χ3n) is 1.88. The van der Waals surface area contributed by atoms with Crippen LogP contribution < -0.4 is 0 Å². The zero-order valence-electron chi connectivity index (χ0n) is 10.7. The van der Waals surface area contributed by atoms with Gasteiger partial charge >= 0.3 is 136 Å². The molecule has 0 aliphatic rings. The van der Waals surface area contributed by atoms with E-state index in [1.807, 2.05) is 36.2 Å². The molecule has 0 fully saturated rings. The molecule has 0 aliphatic carbocycles. The van der Waals surface area contributed by atoms with Crippen molar-refractivity contribution in [3.05, 3.63) is 59.2 Å². The van der Waals surface area contributed by atoms with E-state index >= 15 is 0 Å². The summed E-state index contributed by atoms with van der Waals surface area (Å²) in [6.07, 6.45) is 0. The number of aryl methyl sites for hydroxylation is 2. The van der Waals surface area contributed by atoms with Crippen molar-refractivity contribution in [3.63, 3.8) is 0 Å². The Labute approximate surface area is 135 Å². The molecule has 7 heteroatoms. The van der Waals surface area contributed by atoms with E-state index in [0.29, 0.717) is 0 Å². The van der Waals surface area contributed by atoms with Crippen molar-refractivity contribution in [3.8, 4) is 0 Å². The van der Waals surface area contributed by atoms with Gasteiger partial charge in [-0.25, -0.2) is 0 Å². The number of halogens is 4. The van der Waals surface area contributed by atoms with Crippen LogP contribution >= 0.6 is 37.7 Å². The van der Waals surface area contributed by atoms with E-state index in [1.165, 1.54) is 10.9 Å². The zero-order valence-corrected chi connectivity index (χ0v) is 16.7. The van der Waals surface area contributed by atoms with Gasteiger partial charge in [-0.2, -0.15) is 0 Å². The molecule has 2 aromatic rings. The van der Waals surface area contributed by atoms with Gasteiger partial charge in [-0.15, -0.1) is 0 Å². The Morgan fingerprint density at radius 3 is 1.16 bits per heavy atom. The van der Waals surface area contributed by atoms with E-state index in [0.717, 1.165) is 0 Å². The molecule has 0 aliphatic heterocycles. The fourth-order valence-corrected chi connectivity index (χ4v) is 1.07. The molecule has 0 amide bonds. The first-order valence-electron chi connectivity index (χ1n) is 5.44. The van der Waals surface area contributed by atoms with Gasteiger partial charge in [-0.05, 0) is 0 Å². The van der Waals surface area contributed by atoms with Crippen LogP contribution in [0.25, 0.3) is 0 Å². The zero-order chi connectivity index (χ0) is 14.7. The minimum atomic E-state index is -3.28. The van der Waals surface area contributed by atoms with E-state index in [1.54, 1.807) is 0 Å². The monoisotopic (exact) mass is 504 g/mol. The second kappa shape index (κ2) is 11.3. The van der Waals surface area contributed by atoms with Crippen molar-refractivity contribution in [2.75, 3.05) is 0 Å². The summed E-state index contributed by atoms with van der Waals surface area (Å²) in [4.78, 5) is 0. The maximum absolute atomic E-state index is 5.03. The van der Waals surface area contributed by atoms with Crippen LogP contribution in [-0.4, -0.2) is 13.8 Å². The van der Waals surface area contributed by atoms with Gasteiger partial charge in [-0.1, -0.05) is 0 Å². The van der Waals surface area contributed by atoms with E-state index in [-0.39, 0.29) is 0 Å². The summed E-state index contributed by atoms with van der Waals surface area (Å²) in [6.45, 7) is 8.33. The van der Waals surface area contributed by atoms with Crippen molar-refractivity contribution >= 4 is 51.5 Å². The van der Waals surface area contributed by atoms with Gasteiger partial charge in [0.05, 0.1) is 0 Å². The number of hydrogen-bond acceptors (Lipinski definition) is 0. The Morgan fingerprint density at radius 2 is 1.05 bits per heavy atom. The molecule has 0 bridgehead atoms. The SMILES string of the molecule is Cc1bcccc1.Cc1bcccc1.[Cl][W]([Cl])([Cl])[Cl]. The van der Waals surface area contributed by atoms with Crippen LogP contribution in [0.4, 0.5) is 0 Å². The summed E-state index contributed by atoms with van der Waals surface area (Å²) in [5.74, 6) is 4.07. The summed E-state index contributed by atoms with van der Waals surface area (Å²) in [7, 11) is 20.1. The van der Waals surface area contributed by atoms with Gasteiger partial charge in [0.15, 0.2) is 0 Å². The molecule has 0 aromatic carbocycles. The van der Waals surface area contributed by atoms with Crippen LogP contribution in [0.5, 0.6) is 0 Å². The van der Waals surface area contributed by atoms with Crippen LogP contribution in [0, 0.1) is 13.8 Å². The topological polar surface area (TPSA) is 0 Å². The fourth-order valence-electron chi connectivity index (χ4n) is 1.07. The molecule has 19 heavy (non-hydrogen) atoms. The van der Waals surface area contributed by atoms with Crippen LogP contribution in [-0.2, 0) is 11.9 Å². The van der Waals surface area contributed by atoms with Gasteiger partial charge in [0.1, 0.15) is 0 Å². The van der Waals surface area contributed by atoms with Gasteiger partial charge < -0.3 is 0 Å². The molecule has 0 unspecified atom stereocenters. The molecular formula is C12H14B2Cl4W. The average Bonchev–Trinajstić information content (AvgIpc) is 2.29. The Kier molecular flexibility index (Phi) is 11.8. The molecule has 2 rings (SSSR count). The summed E-state index contributed by atoms with van der Waals surface area (Å²) < 4.78 is 0. The predicted molar refractivity (Wildman–Crippen MR) is 88.5 cm³/mol. The van der Waals surface area contributed by atoms with E-state index in [4.69, 9.17) is 37.7 Å². The Hall–Kier alpha value is 0.678. The third-order valence-corrected chi connectivity index (χ3v) is 1.88. The van der Waals surface area contributed by atoms with E-state index in [2.05, 4.69) is 39.8 Å². The first-order chi connectivity index (χ1) is 8.79. The van der Waals surface area contributed by atoms with Crippen molar-refractivity contribution in [1.82, 2.24) is 0 Å². The van der Waals surface area contributed by atoms with Crippen LogP contribution in [0.2, 0.25) is 0 Å². The predicted octanol–water partition coefficient (Wildman–Crippen LogP) is 5.42. The van der Waals surface area contributed by atoms with Crippen LogP contribution in [0.15, 0.2) is 48.3 Å². The second-order valence-electron chi connectivity index (χ2n) is 3.66. The number of rotatable bonds is 0. The fraction of sp³-hybridized carbons (Fsp3) is 0.167. The molecule has 0 spiro atoms. The molecule has 0 saturated carbocycles. The Balaban J connectivity index is 0.000000261. The molecular weight excluding hydrogens is 491 g/mol. The molecule has 0 nitrogen and oxygen atoms in total. The summed E-state index contributed by atoms with van der Waals surface area (Å²) >= 11 is -3.28. The normalized spacial score (nSPS) is 10.0. The van der Waals surface area contributed by atoms with Crippen molar-refractivity contribution in [1.29, 1.82) is 0 Å².